The monoisotopic (exact) mass is 234 g/mol. The van der Waals surface area contributed by atoms with E-state index in [9.17, 15) is 0 Å². The molecule has 0 aromatic carbocycles. The molecule has 2 rings (SSSR count). The molecule has 2 aromatic rings. The molecule has 0 amide bonds. The highest BCUT2D eigenvalue weighted by molar-refractivity contribution is 6.29. The molecule has 0 saturated heterocycles. The Morgan fingerprint density at radius 3 is 2.62 bits per heavy atom. The first-order valence-electron chi connectivity index (χ1n) is 4.97. The highest BCUT2D eigenvalue weighted by atomic mass is 35.5. The van der Waals surface area contributed by atoms with Gasteiger partial charge in [0, 0.05) is 18.1 Å². The Balaban J connectivity index is 2.50. The van der Waals surface area contributed by atoms with Gasteiger partial charge in [0.25, 0.3) is 0 Å². The third kappa shape index (κ3) is 2.33. The van der Waals surface area contributed by atoms with E-state index in [0.29, 0.717) is 22.6 Å². The number of halogens is 1. The topological polar surface area (TPSA) is 51.6 Å². The molecule has 0 spiro atoms. The lowest BCUT2D eigenvalue weighted by Gasteiger charge is -2.06. The van der Waals surface area contributed by atoms with Crippen LogP contribution in [0.4, 0.5) is 0 Å². The van der Waals surface area contributed by atoms with Gasteiger partial charge in [-0.2, -0.15) is 0 Å². The summed E-state index contributed by atoms with van der Waals surface area (Å²) in [5.41, 5.74) is 1.53. The summed E-state index contributed by atoms with van der Waals surface area (Å²) in [5.74, 6) is 0.820. The molecule has 2 aromatic heterocycles. The van der Waals surface area contributed by atoms with Crippen molar-refractivity contribution >= 4 is 11.6 Å². The number of hydrogen-bond acceptors (Lipinski definition) is 4. The third-order valence-corrected chi connectivity index (χ3v) is 2.29. The highest BCUT2D eigenvalue weighted by Gasteiger charge is 2.09. The summed E-state index contributed by atoms with van der Waals surface area (Å²) in [6.45, 7) is 4.11. The summed E-state index contributed by atoms with van der Waals surface area (Å²) < 4.78 is 0. The molecule has 0 fully saturated rings. The minimum absolute atomic E-state index is 0.302. The number of nitrogens with zero attached hydrogens (tertiary/aromatic N) is 4. The summed E-state index contributed by atoms with van der Waals surface area (Å²) in [6.07, 6.45) is 4.84. The van der Waals surface area contributed by atoms with E-state index in [2.05, 4.69) is 33.8 Å². The molecule has 4 nitrogen and oxygen atoms in total. The molecule has 16 heavy (non-hydrogen) atoms. The largest absolute Gasteiger partial charge is 0.261 e. The maximum absolute atomic E-state index is 5.94. The standard InChI is InChI=1S/C11H11ClN4/c1-7(2)8-5-10(12)16-11(15-8)9-6-13-3-4-14-9/h3-7H,1-2H3. The first-order valence-corrected chi connectivity index (χ1v) is 5.35. The molecule has 5 heteroatoms. The first-order chi connectivity index (χ1) is 7.66. The van der Waals surface area contributed by atoms with Gasteiger partial charge in [0.05, 0.1) is 6.20 Å². The Labute approximate surface area is 98.8 Å². The van der Waals surface area contributed by atoms with Crippen molar-refractivity contribution < 1.29 is 0 Å². The minimum Gasteiger partial charge on any atom is -0.261 e. The van der Waals surface area contributed by atoms with Gasteiger partial charge in [-0.05, 0) is 12.0 Å². The third-order valence-electron chi connectivity index (χ3n) is 2.10. The van der Waals surface area contributed by atoms with Crippen LogP contribution >= 0.6 is 11.6 Å². The number of hydrogen-bond donors (Lipinski definition) is 0. The van der Waals surface area contributed by atoms with Crippen LogP contribution < -0.4 is 0 Å². The van der Waals surface area contributed by atoms with E-state index in [-0.39, 0.29) is 0 Å². The van der Waals surface area contributed by atoms with Crippen molar-refractivity contribution in [2.75, 3.05) is 0 Å². The first kappa shape index (κ1) is 11.0. The summed E-state index contributed by atoms with van der Waals surface area (Å²) >= 11 is 5.94. The Morgan fingerprint density at radius 2 is 2.00 bits per heavy atom. The maximum atomic E-state index is 5.94. The van der Waals surface area contributed by atoms with Crippen LogP contribution in [0.5, 0.6) is 0 Å². The maximum Gasteiger partial charge on any atom is 0.181 e. The zero-order chi connectivity index (χ0) is 11.5. The van der Waals surface area contributed by atoms with Crippen LogP contribution in [-0.4, -0.2) is 19.9 Å². The molecule has 0 saturated carbocycles. The Hall–Kier alpha value is -1.55. The van der Waals surface area contributed by atoms with Crippen molar-refractivity contribution in [3.05, 3.63) is 35.5 Å². The molecule has 82 valence electrons. The van der Waals surface area contributed by atoms with Crippen LogP contribution in [0.2, 0.25) is 5.15 Å². The molecule has 0 radical (unpaired) electrons. The fourth-order valence-corrected chi connectivity index (χ4v) is 1.45. The lowest BCUT2D eigenvalue weighted by atomic mass is 10.1. The van der Waals surface area contributed by atoms with Crippen molar-refractivity contribution in [2.45, 2.75) is 19.8 Å². The van der Waals surface area contributed by atoms with Crippen LogP contribution in [0, 0.1) is 0 Å². The molecule has 0 bridgehead atoms. The van der Waals surface area contributed by atoms with Crippen molar-refractivity contribution in [1.82, 2.24) is 19.9 Å². The predicted octanol–water partition coefficient (Wildman–Crippen LogP) is 2.71. The van der Waals surface area contributed by atoms with E-state index in [1.807, 2.05) is 0 Å². The average Bonchev–Trinajstić information content (AvgIpc) is 2.29. The van der Waals surface area contributed by atoms with Crippen molar-refractivity contribution in [3.8, 4) is 11.5 Å². The van der Waals surface area contributed by atoms with Gasteiger partial charge in [0.1, 0.15) is 10.8 Å². The van der Waals surface area contributed by atoms with Gasteiger partial charge >= 0.3 is 0 Å². The van der Waals surface area contributed by atoms with Gasteiger partial charge in [0.15, 0.2) is 5.82 Å². The second kappa shape index (κ2) is 4.53. The van der Waals surface area contributed by atoms with Gasteiger partial charge in [0.2, 0.25) is 0 Å². The summed E-state index contributed by atoms with van der Waals surface area (Å²) in [4.78, 5) is 16.7. The van der Waals surface area contributed by atoms with E-state index < -0.39 is 0 Å². The zero-order valence-electron chi connectivity index (χ0n) is 9.05. The molecular formula is C11H11ClN4. The van der Waals surface area contributed by atoms with Crippen molar-refractivity contribution in [2.24, 2.45) is 0 Å². The molecule has 0 aliphatic carbocycles. The van der Waals surface area contributed by atoms with E-state index in [4.69, 9.17) is 11.6 Å². The molecule has 0 aliphatic rings. The average molecular weight is 235 g/mol. The molecule has 2 heterocycles. The van der Waals surface area contributed by atoms with Crippen LogP contribution in [-0.2, 0) is 0 Å². The molecule has 0 N–H and O–H groups in total. The van der Waals surface area contributed by atoms with Gasteiger partial charge in [-0.25, -0.2) is 15.0 Å². The predicted molar refractivity (Wildman–Crippen MR) is 62.2 cm³/mol. The Kier molecular flexibility index (Phi) is 3.10. The Bertz CT molecular complexity index is 485. The van der Waals surface area contributed by atoms with E-state index in [1.54, 1.807) is 24.7 Å². The van der Waals surface area contributed by atoms with E-state index in [0.717, 1.165) is 5.69 Å². The molecule has 0 unspecified atom stereocenters. The highest BCUT2D eigenvalue weighted by Crippen LogP contribution is 2.19. The normalized spacial score (nSPS) is 10.8. The van der Waals surface area contributed by atoms with E-state index in [1.165, 1.54) is 0 Å². The second-order valence-corrected chi connectivity index (χ2v) is 4.07. The minimum atomic E-state index is 0.302. The van der Waals surface area contributed by atoms with Gasteiger partial charge in [-0.1, -0.05) is 25.4 Å². The van der Waals surface area contributed by atoms with Crippen LogP contribution in [0.15, 0.2) is 24.7 Å². The van der Waals surface area contributed by atoms with Gasteiger partial charge < -0.3 is 0 Å². The quantitative estimate of drug-likeness (QED) is 0.750. The SMILES string of the molecule is CC(C)c1cc(Cl)nc(-c2cnccn2)n1. The van der Waals surface area contributed by atoms with Crippen LogP contribution in [0.3, 0.4) is 0 Å². The van der Waals surface area contributed by atoms with Crippen LogP contribution in [0.25, 0.3) is 11.5 Å². The number of rotatable bonds is 2. The van der Waals surface area contributed by atoms with Gasteiger partial charge in [-0.15, -0.1) is 0 Å². The fraction of sp³-hybridized carbons (Fsp3) is 0.273. The van der Waals surface area contributed by atoms with Crippen molar-refractivity contribution in [3.63, 3.8) is 0 Å². The van der Waals surface area contributed by atoms with Gasteiger partial charge in [-0.3, -0.25) is 4.98 Å². The number of aromatic nitrogens is 4. The second-order valence-electron chi connectivity index (χ2n) is 3.68. The lowest BCUT2D eigenvalue weighted by molar-refractivity contribution is 0.815. The van der Waals surface area contributed by atoms with Crippen molar-refractivity contribution in [1.29, 1.82) is 0 Å². The van der Waals surface area contributed by atoms with E-state index >= 15 is 0 Å². The molecule has 0 aliphatic heterocycles. The fourth-order valence-electron chi connectivity index (χ4n) is 1.26. The van der Waals surface area contributed by atoms with Crippen LogP contribution in [0.1, 0.15) is 25.5 Å². The molecule has 0 atom stereocenters. The smallest absolute Gasteiger partial charge is 0.181 e. The molecular weight excluding hydrogens is 224 g/mol. The Morgan fingerprint density at radius 1 is 1.19 bits per heavy atom. The lowest BCUT2D eigenvalue weighted by Crippen LogP contribution is -1.99. The summed E-state index contributed by atoms with van der Waals surface area (Å²) in [6, 6.07) is 1.77. The summed E-state index contributed by atoms with van der Waals surface area (Å²) in [7, 11) is 0. The zero-order valence-corrected chi connectivity index (χ0v) is 9.81. The summed E-state index contributed by atoms with van der Waals surface area (Å²) in [5, 5.41) is 0.430.